The predicted molar refractivity (Wildman–Crippen MR) is 89.1 cm³/mol. The van der Waals surface area contributed by atoms with E-state index in [1.807, 2.05) is 18.2 Å². The molecule has 1 heterocycles. The Hall–Kier alpha value is -2.81. The third-order valence-corrected chi connectivity index (χ3v) is 4.17. The summed E-state index contributed by atoms with van der Waals surface area (Å²) in [4.78, 5) is 0. The molecule has 0 fully saturated rings. The number of rotatable bonds is 2. The van der Waals surface area contributed by atoms with Gasteiger partial charge < -0.3 is 10.5 Å². The second-order valence-electron chi connectivity index (χ2n) is 5.53. The van der Waals surface area contributed by atoms with Crippen molar-refractivity contribution in [1.29, 1.82) is 0 Å². The van der Waals surface area contributed by atoms with Crippen LogP contribution in [-0.4, -0.2) is 10.8 Å². The summed E-state index contributed by atoms with van der Waals surface area (Å²) >= 11 is 0. The number of para-hydroxylation sites is 1. The number of hydrazone groups is 1. The number of aromatic hydroxyl groups is 1. The summed E-state index contributed by atoms with van der Waals surface area (Å²) in [6, 6.07) is 22.2. The van der Waals surface area contributed by atoms with Crippen LogP contribution in [0.15, 0.2) is 71.8 Å². The van der Waals surface area contributed by atoms with Crippen molar-refractivity contribution in [3.05, 3.63) is 77.9 Å². The number of nitrogens with zero attached hydrogens (tertiary/aromatic N) is 1. The fraction of sp³-hybridized carbons (Fsp3) is 0.105. The van der Waals surface area contributed by atoms with E-state index in [0.29, 0.717) is 0 Å². The van der Waals surface area contributed by atoms with Crippen LogP contribution in [0.4, 0.5) is 0 Å². The molecule has 0 saturated carbocycles. The van der Waals surface area contributed by atoms with Gasteiger partial charge in [0.2, 0.25) is 0 Å². The van der Waals surface area contributed by atoms with E-state index in [1.165, 1.54) is 16.3 Å². The number of phenols is 1. The van der Waals surface area contributed by atoms with Crippen molar-refractivity contribution < 1.29 is 5.11 Å². The molecule has 108 valence electrons. The van der Waals surface area contributed by atoms with Crippen LogP contribution >= 0.6 is 0 Å². The van der Waals surface area contributed by atoms with Crippen molar-refractivity contribution in [1.82, 2.24) is 5.43 Å². The van der Waals surface area contributed by atoms with Gasteiger partial charge in [0.25, 0.3) is 0 Å². The molecule has 1 unspecified atom stereocenters. The smallest absolute Gasteiger partial charge is 0.124 e. The van der Waals surface area contributed by atoms with Crippen molar-refractivity contribution in [3.8, 4) is 5.75 Å². The molecule has 1 aliphatic heterocycles. The van der Waals surface area contributed by atoms with Gasteiger partial charge in [0.1, 0.15) is 5.75 Å². The Bertz CT molecular complexity index is 865. The van der Waals surface area contributed by atoms with Crippen molar-refractivity contribution in [2.75, 3.05) is 0 Å². The fourth-order valence-corrected chi connectivity index (χ4v) is 3.06. The highest BCUT2D eigenvalue weighted by atomic mass is 16.3. The lowest BCUT2D eigenvalue weighted by Crippen LogP contribution is -2.10. The molecule has 3 heteroatoms. The van der Waals surface area contributed by atoms with Crippen LogP contribution in [0, 0.1) is 0 Å². The van der Waals surface area contributed by atoms with Crippen LogP contribution in [0.5, 0.6) is 5.75 Å². The zero-order valence-corrected chi connectivity index (χ0v) is 12.0. The molecular formula is C19H16N2O. The molecule has 0 amide bonds. The maximum Gasteiger partial charge on any atom is 0.124 e. The fourth-order valence-electron chi connectivity index (χ4n) is 3.06. The summed E-state index contributed by atoms with van der Waals surface area (Å²) in [7, 11) is 0. The van der Waals surface area contributed by atoms with Gasteiger partial charge in [-0.15, -0.1) is 0 Å². The number of fused-ring (bicyclic) bond motifs is 1. The number of benzene rings is 3. The first-order valence-electron chi connectivity index (χ1n) is 7.41. The quantitative estimate of drug-likeness (QED) is 0.749. The van der Waals surface area contributed by atoms with Crippen LogP contribution < -0.4 is 5.43 Å². The van der Waals surface area contributed by atoms with Gasteiger partial charge in [0.15, 0.2) is 0 Å². The molecule has 22 heavy (non-hydrogen) atoms. The van der Waals surface area contributed by atoms with Gasteiger partial charge in [-0.2, -0.15) is 5.10 Å². The Morgan fingerprint density at radius 2 is 1.68 bits per heavy atom. The van der Waals surface area contributed by atoms with Crippen LogP contribution in [0.3, 0.4) is 0 Å². The Morgan fingerprint density at radius 1 is 0.909 bits per heavy atom. The van der Waals surface area contributed by atoms with E-state index in [4.69, 9.17) is 0 Å². The van der Waals surface area contributed by atoms with Crippen molar-refractivity contribution in [3.63, 3.8) is 0 Å². The third-order valence-electron chi connectivity index (χ3n) is 4.17. The lowest BCUT2D eigenvalue weighted by atomic mass is 9.94. The van der Waals surface area contributed by atoms with Gasteiger partial charge in [-0.1, -0.05) is 54.6 Å². The van der Waals surface area contributed by atoms with Crippen molar-refractivity contribution >= 4 is 16.5 Å². The summed E-state index contributed by atoms with van der Waals surface area (Å²) in [5, 5.41) is 16.9. The normalized spacial score (nSPS) is 17.3. The predicted octanol–water partition coefficient (Wildman–Crippen LogP) is 3.98. The van der Waals surface area contributed by atoms with Gasteiger partial charge in [-0.3, -0.25) is 0 Å². The van der Waals surface area contributed by atoms with Gasteiger partial charge in [0, 0.05) is 12.0 Å². The van der Waals surface area contributed by atoms with E-state index in [9.17, 15) is 5.11 Å². The average Bonchev–Trinajstić information content (AvgIpc) is 3.04. The summed E-state index contributed by atoms with van der Waals surface area (Å²) in [6.45, 7) is 0. The van der Waals surface area contributed by atoms with Crippen LogP contribution in [-0.2, 0) is 0 Å². The Labute approximate surface area is 128 Å². The number of nitrogens with one attached hydrogen (secondary N) is 1. The molecule has 0 saturated heterocycles. The standard InChI is InChI=1S/C19H16N2O/c22-19-11-4-3-9-16(19)18-12-17(20-21-18)15-10-5-7-13-6-1-2-8-14(13)15/h1-11,17,20,22H,12H2. The van der Waals surface area contributed by atoms with E-state index in [2.05, 4.69) is 53.0 Å². The summed E-state index contributed by atoms with van der Waals surface area (Å²) < 4.78 is 0. The topological polar surface area (TPSA) is 44.6 Å². The van der Waals surface area contributed by atoms with E-state index in [0.717, 1.165) is 17.7 Å². The maximum absolute atomic E-state index is 9.99. The van der Waals surface area contributed by atoms with Crippen LogP contribution in [0.25, 0.3) is 10.8 Å². The monoisotopic (exact) mass is 288 g/mol. The maximum atomic E-state index is 9.99. The molecule has 0 spiro atoms. The van der Waals surface area contributed by atoms with E-state index in [1.54, 1.807) is 6.07 Å². The highest BCUT2D eigenvalue weighted by molar-refractivity contribution is 6.04. The summed E-state index contributed by atoms with van der Waals surface area (Å²) in [5.74, 6) is 0.279. The van der Waals surface area contributed by atoms with E-state index in [-0.39, 0.29) is 11.8 Å². The largest absolute Gasteiger partial charge is 0.507 e. The first-order valence-corrected chi connectivity index (χ1v) is 7.41. The number of phenolic OH excluding ortho intramolecular Hbond substituents is 1. The molecule has 4 rings (SSSR count). The minimum Gasteiger partial charge on any atom is -0.507 e. The molecule has 3 aromatic rings. The minimum absolute atomic E-state index is 0.140. The Morgan fingerprint density at radius 3 is 2.59 bits per heavy atom. The SMILES string of the molecule is Oc1ccccc1C1=NNC(c2cccc3ccccc23)C1. The molecule has 0 bridgehead atoms. The highest BCUT2D eigenvalue weighted by Crippen LogP contribution is 2.31. The van der Waals surface area contributed by atoms with Crippen LogP contribution in [0.1, 0.15) is 23.6 Å². The number of hydrogen-bond donors (Lipinski definition) is 2. The van der Waals surface area contributed by atoms with E-state index < -0.39 is 0 Å². The van der Waals surface area contributed by atoms with Gasteiger partial charge in [0.05, 0.1) is 11.8 Å². The van der Waals surface area contributed by atoms with Gasteiger partial charge >= 0.3 is 0 Å². The molecule has 0 aliphatic carbocycles. The average molecular weight is 288 g/mol. The second kappa shape index (κ2) is 5.19. The van der Waals surface area contributed by atoms with Crippen LogP contribution in [0.2, 0.25) is 0 Å². The molecule has 0 aromatic heterocycles. The lowest BCUT2D eigenvalue weighted by molar-refractivity contribution is 0.474. The van der Waals surface area contributed by atoms with Crippen molar-refractivity contribution in [2.24, 2.45) is 5.10 Å². The minimum atomic E-state index is 0.140. The Balaban J connectivity index is 1.68. The first-order chi connectivity index (χ1) is 10.8. The molecular weight excluding hydrogens is 272 g/mol. The summed E-state index contributed by atoms with van der Waals surface area (Å²) in [6.07, 6.45) is 0.769. The van der Waals surface area contributed by atoms with Crippen molar-refractivity contribution in [2.45, 2.75) is 12.5 Å². The number of hydrogen-bond acceptors (Lipinski definition) is 3. The zero-order valence-electron chi connectivity index (χ0n) is 12.0. The molecule has 3 nitrogen and oxygen atoms in total. The van der Waals surface area contributed by atoms with Gasteiger partial charge in [-0.05, 0) is 28.5 Å². The highest BCUT2D eigenvalue weighted by Gasteiger charge is 2.23. The molecule has 1 aliphatic rings. The third kappa shape index (κ3) is 2.11. The van der Waals surface area contributed by atoms with E-state index >= 15 is 0 Å². The second-order valence-corrected chi connectivity index (χ2v) is 5.53. The molecule has 2 N–H and O–H groups in total. The lowest BCUT2D eigenvalue weighted by Gasteiger charge is -2.13. The first kappa shape index (κ1) is 12.9. The van der Waals surface area contributed by atoms with Gasteiger partial charge in [-0.25, -0.2) is 0 Å². The molecule has 3 aromatic carbocycles. The molecule has 1 atom stereocenters. The molecule has 0 radical (unpaired) electrons. The summed E-state index contributed by atoms with van der Waals surface area (Å²) in [5.41, 5.74) is 6.16. The Kier molecular flexibility index (Phi) is 3.04. The zero-order chi connectivity index (χ0) is 14.9.